The van der Waals surface area contributed by atoms with Gasteiger partial charge in [0, 0.05) is 6.42 Å². The van der Waals surface area contributed by atoms with Crippen LogP contribution >= 0.6 is 0 Å². The van der Waals surface area contributed by atoms with Gasteiger partial charge in [0.1, 0.15) is 0 Å². The van der Waals surface area contributed by atoms with Crippen molar-refractivity contribution in [2.24, 2.45) is 0 Å². The first kappa shape index (κ1) is 18.4. The van der Waals surface area contributed by atoms with Crippen molar-refractivity contribution in [1.29, 1.82) is 0 Å². The lowest BCUT2D eigenvalue weighted by Crippen LogP contribution is -2.41. The average molecular weight is 268 g/mol. The summed E-state index contributed by atoms with van der Waals surface area (Å²) < 4.78 is 11.7. The van der Waals surface area contributed by atoms with Crippen molar-refractivity contribution in [3.63, 3.8) is 0 Å². The molecule has 2 rings (SSSR count). The third-order valence-electron chi connectivity index (χ3n) is 3.56. The number of hydrogen-bond donors (Lipinski definition) is 0. The van der Waals surface area contributed by atoms with Crippen LogP contribution in [0.15, 0.2) is 11.5 Å². The lowest BCUT2D eigenvalue weighted by molar-refractivity contribution is -0.114. The highest BCUT2D eigenvalue weighted by molar-refractivity contribution is 6.55. The fraction of sp³-hybridized carbons (Fsp3) is 0.800. The lowest BCUT2D eigenvalue weighted by atomic mass is 9.78. The molecule has 1 aliphatic carbocycles. The van der Waals surface area contributed by atoms with Gasteiger partial charge in [0.2, 0.25) is 0 Å². The Morgan fingerprint density at radius 1 is 0.947 bits per heavy atom. The van der Waals surface area contributed by atoms with Crippen LogP contribution in [0.2, 0.25) is 0 Å². The quantitative estimate of drug-likeness (QED) is 0.675. The molecule has 0 atom stereocenters. The zero-order valence-corrected chi connectivity index (χ0v) is 13.8. The first-order chi connectivity index (χ1) is 8.82. The zero-order valence-electron chi connectivity index (χ0n) is 13.8. The summed E-state index contributed by atoms with van der Waals surface area (Å²) in [5, 5.41) is 0. The fourth-order valence-electron chi connectivity index (χ4n) is 1.80. The van der Waals surface area contributed by atoms with Crippen LogP contribution in [0.5, 0.6) is 0 Å². The van der Waals surface area contributed by atoms with Crippen molar-refractivity contribution in [3.05, 3.63) is 11.5 Å². The minimum Gasteiger partial charge on any atom is -0.400 e. The van der Waals surface area contributed by atoms with E-state index in [9.17, 15) is 4.79 Å². The number of ketones is 1. The summed E-state index contributed by atoms with van der Waals surface area (Å²) in [6.07, 6.45) is 3.04. The molecule has 0 N–H and O–H groups in total. The molecule has 1 aliphatic heterocycles. The maximum absolute atomic E-state index is 11.1. The number of allylic oxidation sites excluding steroid dienone is 2. The van der Waals surface area contributed by atoms with Gasteiger partial charge >= 0.3 is 7.12 Å². The molecule has 4 heteroatoms. The van der Waals surface area contributed by atoms with Crippen molar-refractivity contribution >= 4 is 12.9 Å². The monoisotopic (exact) mass is 268 g/mol. The molecular weight excluding hydrogens is 239 g/mol. The Kier molecular flexibility index (Phi) is 7.02. The number of hydrogen-bond acceptors (Lipinski definition) is 3. The van der Waals surface area contributed by atoms with Gasteiger partial charge in [-0.05, 0) is 45.7 Å². The van der Waals surface area contributed by atoms with E-state index in [1.807, 2.05) is 55.4 Å². The van der Waals surface area contributed by atoms with Crippen LogP contribution in [0.1, 0.15) is 68.2 Å². The molecule has 0 bridgehead atoms. The predicted molar refractivity (Wildman–Crippen MR) is 81.1 cm³/mol. The van der Waals surface area contributed by atoms with Crippen molar-refractivity contribution in [1.82, 2.24) is 0 Å². The molecule has 0 aromatic carbocycles. The van der Waals surface area contributed by atoms with E-state index in [-0.39, 0.29) is 24.1 Å². The van der Waals surface area contributed by atoms with Crippen LogP contribution < -0.4 is 0 Å². The molecule has 1 fully saturated rings. The van der Waals surface area contributed by atoms with E-state index >= 15 is 0 Å². The van der Waals surface area contributed by atoms with Crippen LogP contribution in [-0.4, -0.2) is 24.1 Å². The SMILES string of the molecule is CC.CC.CC1(C)OB(C2=CC(=O)CC2)OC1(C)C. The van der Waals surface area contributed by atoms with E-state index in [4.69, 9.17) is 9.31 Å². The second-order valence-corrected chi connectivity index (χ2v) is 5.27. The summed E-state index contributed by atoms with van der Waals surface area (Å²) in [5.41, 5.74) is 0.354. The molecule has 2 aliphatic rings. The molecule has 0 spiro atoms. The minimum atomic E-state index is -0.332. The Labute approximate surface area is 118 Å². The predicted octanol–water partition coefficient (Wildman–Crippen LogP) is 3.96. The zero-order chi connectivity index (χ0) is 15.3. The van der Waals surface area contributed by atoms with Crippen LogP contribution in [0, 0.1) is 0 Å². The molecule has 0 saturated carbocycles. The topological polar surface area (TPSA) is 35.5 Å². The largest absolute Gasteiger partial charge is 0.490 e. The van der Waals surface area contributed by atoms with Crippen molar-refractivity contribution in [2.45, 2.75) is 79.4 Å². The van der Waals surface area contributed by atoms with Gasteiger partial charge in [0.25, 0.3) is 0 Å². The highest BCUT2D eigenvalue weighted by Gasteiger charge is 2.52. The van der Waals surface area contributed by atoms with E-state index < -0.39 is 0 Å². The lowest BCUT2D eigenvalue weighted by Gasteiger charge is -2.32. The summed E-state index contributed by atoms with van der Waals surface area (Å²) in [4.78, 5) is 11.1. The Hall–Kier alpha value is -0.605. The molecule has 0 unspecified atom stereocenters. The van der Waals surface area contributed by atoms with Gasteiger partial charge in [0.15, 0.2) is 5.78 Å². The van der Waals surface area contributed by atoms with E-state index in [1.54, 1.807) is 6.08 Å². The molecule has 0 amide bonds. The normalized spacial score (nSPS) is 23.1. The Balaban J connectivity index is 0.000000741. The summed E-state index contributed by atoms with van der Waals surface area (Å²) in [6.45, 7) is 16.1. The Bertz CT molecular complexity index is 316. The van der Waals surface area contributed by atoms with Gasteiger partial charge in [-0.25, -0.2) is 0 Å². The molecule has 0 radical (unpaired) electrons. The van der Waals surface area contributed by atoms with E-state index in [0.29, 0.717) is 6.42 Å². The molecule has 0 aromatic heterocycles. The molecular formula is C15H29BO3. The maximum Gasteiger partial charge on any atom is 0.490 e. The van der Waals surface area contributed by atoms with E-state index in [1.165, 1.54) is 0 Å². The molecule has 110 valence electrons. The van der Waals surface area contributed by atoms with Crippen molar-refractivity contribution < 1.29 is 14.1 Å². The first-order valence-electron chi connectivity index (χ1n) is 7.41. The van der Waals surface area contributed by atoms with Gasteiger partial charge in [-0.3, -0.25) is 4.79 Å². The molecule has 1 heterocycles. The van der Waals surface area contributed by atoms with Crippen LogP contribution in [-0.2, 0) is 14.1 Å². The van der Waals surface area contributed by atoms with Gasteiger partial charge in [-0.15, -0.1) is 0 Å². The van der Waals surface area contributed by atoms with E-state index in [0.717, 1.165) is 11.9 Å². The second-order valence-electron chi connectivity index (χ2n) is 5.27. The summed E-state index contributed by atoms with van der Waals surface area (Å²) in [5.74, 6) is 0.180. The molecule has 19 heavy (non-hydrogen) atoms. The average Bonchev–Trinajstić information content (AvgIpc) is 2.87. The van der Waals surface area contributed by atoms with Crippen LogP contribution in [0.3, 0.4) is 0 Å². The summed E-state index contributed by atoms with van der Waals surface area (Å²) in [7, 11) is -0.332. The minimum absolute atomic E-state index is 0.180. The number of rotatable bonds is 1. The van der Waals surface area contributed by atoms with E-state index in [2.05, 4.69) is 0 Å². The first-order valence-corrected chi connectivity index (χ1v) is 7.41. The molecule has 0 aromatic rings. The Morgan fingerprint density at radius 3 is 1.68 bits per heavy atom. The third-order valence-corrected chi connectivity index (χ3v) is 3.56. The van der Waals surface area contributed by atoms with Crippen molar-refractivity contribution in [2.75, 3.05) is 0 Å². The standard InChI is InChI=1S/C11H17BO3.2C2H6/c1-10(2)11(3,4)15-12(14-10)8-5-6-9(13)7-8;2*1-2/h7H,5-6H2,1-4H3;2*1-2H3. The molecule has 1 saturated heterocycles. The second kappa shape index (κ2) is 7.25. The van der Waals surface area contributed by atoms with Gasteiger partial charge in [0.05, 0.1) is 11.2 Å². The smallest absolute Gasteiger partial charge is 0.400 e. The maximum atomic E-state index is 11.1. The highest BCUT2D eigenvalue weighted by atomic mass is 16.7. The van der Waals surface area contributed by atoms with Crippen LogP contribution in [0.4, 0.5) is 0 Å². The summed E-state index contributed by atoms with van der Waals surface area (Å²) in [6, 6.07) is 0. The molecule has 3 nitrogen and oxygen atoms in total. The fourth-order valence-corrected chi connectivity index (χ4v) is 1.80. The Morgan fingerprint density at radius 2 is 1.37 bits per heavy atom. The number of carbonyl (C=O) groups is 1. The van der Waals surface area contributed by atoms with Gasteiger partial charge in [-0.2, -0.15) is 0 Å². The third kappa shape index (κ3) is 4.18. The van der Waals surface area contributed by atoms with Gasteiger partial charge in [-0.1, -0.05) is 27.7 Å². The number of carbonyl (C=O) groups excluding carboxylic acids is 1. The van der Waals surface area contributed by atoms with Gasteiger partial charge < -0.3 is 9.31 Å². The highest BCUT2D eigenvalue weighted by Crippen LogP contribution is 2.39. The van der Waals surface area contributed by atoms with Crippen LogP contribution in [0.25, 0.3) is 0 Å². The summed E-state index contributed by atoms with van der Waals surface area (Å²) >= 11 is 0. The van der Waals surface area contributed by atoms with Crippen molar-refractivity contribution in [3.8, 4) is 0 Å².